The molecule has 18 heavy (non-hydrogen) atoms. The molecule has 0 aliphatic rings. The number of ether oxygens (including phenoxy) is 2. The number of nitrogen functional groups attached to an aromatic ring is 1. The van der Waals surface area contributed by atoms with Crippen molar-refractivity contribution in [2.75, 3.05) is 24.7 Å². The van der Waals surface area contributed by atoms with Gasteiger partial charge in [0.25, 0.3) is 0 Å². The van der Waals surface area contributed by atoms with Crippen molar-refractivity contribution in [2.45, 2.75) is 31.5 Å². The third kappa shape index (κ3) is 5.25. The van der Waals surface area contributed by atoms with E-state index in [4.69, 9.17) is 15.2 Å². The molecule has 102 valence electrons. The molecule has 1 rings (SSSR count). The van der Waals surface area contributed by atoms with E-state index in [1.807, 2.05) is 13.8 Å². The molecule has 0 heterocycles. The van der Waals surface area contributed by atoms with Crippen LogP contribution < -0.4 is 5.73 Å². The summed E-state index contributed by atoms with van der Waals surface area (Å²) in [5.74, 6) is 0.468. The van der Waals surface area contributed by atoms with Crippen molar-refractivity contribution < 1.29 is 13.9 Å². The third-order valence-corrected chi connectivity index (χ3v) is 3.35. The predicted octanol–water partition coefficient (Wildman–Crippen LogP) is 3.29. The topological polar surface area (TPSA) is 44.5 Å². The minimum atomic E-state index is -0.274. The number of thioether (sulfide) groups is 1. The maximum atomic E-state index is 13.5. The molecule has 0 saturated heterocycles. The summed E-state index contributed by atoms with van der Waals surface area (Å²) in [5, 5.41) is 0. The van der Waals surface area contributed by atoms with Gasteiger partial charge in [-0.2, -0.15) is 0 Å². The van der Waals surface area contributed by atoms with E-state index in [0.29, 0.717) is 23.8 Å². The van der Waals surface area contributed by atoms with E-state index in [-0.39, 0.29) is 12.1 Å². The van der Waals surface area contributed by atoms with Crippen LogP contribution in [0.15, 0.2) is 23.1 Å². The van der Waals surface area contributed by atoms with Crippen molar-refractivity contribution in [2.24, 2.45) is 0 Å². The molecule has 0 radical (unpaired) electrons. The number of anilines is 1. The van der Waals surface area contributed by atoms with Crippen molar-refractivity contribution in [3.63, 3.8) is 0 Å². The van der Waals surface area contributed by atoms with E-state index in [2.05, 4.69) is 0 Å². The Kier molecular flexibility index (Phi) is 7.08. The minimum Gasteiger partial charge on any atom is -0.399 e. The van der Waals surface area contributed by atoms with E-state index >= 15 is 0 Å². The standard InChI is InChI=1S/C13H20FNO2S/c1-3-16-13(17-4-2)7-8-18-12-6-5-10(15)9-11(12)14/h5-6,9,13H,3-4,7-8,15H2,1-2H3. The maximum Gasteiger partial charge on any atom is 0.158 e. The highest BCUT2D eigenvalue weighted by Gasteiger charge is 2.09. The first-order valence-electron chi connectivity index (χ1n) is 6.08. The summed E-state index contributed by atoms with van der Waals surface area (Å²) in [7, 11) is 0. The summed E-state index contributed by atoms with van der Waals surface area (Å²) in [6, 6.07) is 4.74. The summed E-state index contributed by atoms with van der Waals surface area (Å²) in [5.41, 5.74) is 5.94. The maximum absolute atomic E-state index is 13.5. The quantitative estimate of drug-likeness (QED) is 0.448. The average molecular weight is 273 g/mol. The Labute approximate surface area is 112 Å². The highest BCUT2D eigenvalue weighted by atomic mass is 32.2. The lowest BCUT2D eigenvalue weighted by molar-refractivity contribution is -0.136. The fourth-order valence-corrected chi connectivity index (χ4v) is 2.38. The molecule has 0 atom stereocenters. The summed E-state index contributed by atoms with van der Waals surface area (Å²) >= 11 is 1.45. The van der Waals surface area contributed by atoms with Crippen LogP contribution in [0.1, 0.15) is 20.3 Å². The molecule has 0 amide bonds. The number of rotatable bonds is 8. The highest BCUT2D eigenvalue weighted by Crippen LogP contribution is 2.24. The van der Waals surface area contributed by atoms with E-state index < -0.39 is 0 Å². The molecule has 0 aliphatic carbocycles. The second kappa shape index (κ2) is 8.34. The fraction of sp³-hybridized carbons (Fsp3) is 0.538. The Bertz CT molecular complexity index is 357. The molecule has 0 bridgehead atoms. The van der Waals surface area contributed by atoms with Crippen LogP contribution in [0.5, 0.6) is 0 Å². The number of hydrogen-bond acceptors (Lipinski definition) is 4. The van der Waals surface area contributed by atoms with Crippen LogP contribution in [0.2, 0.25) is 0 Å². The van der Waals surface area contributed by atoms with E-state index in [9.17, 15) is 4.39 Å². The van der Waals surface area contributed by atoms with Gasteiger partial charge in [-0.3, -0.25) is 0 Å². The predicted molar refractivity (Wildman–Crippen MR) is 73.2 cm³/mol. The van der Waals surface area contributed by atoms with Crippen LogP contribution in [0, 0.1) is 5.82 Å². The van der Waals surface area contributed by atoms with Crippen molar-refractivity contribution in [1.82, 2.24) is 0 Å². The number of hydrogen-bond donors (Lipinski definition) is 1. The zero-order valence-corrected chi connectivity index (χ0v) is 11.6. The molecular weight excluding hydrogens is 253 g/mol. The zero-order chi connectivity index (χ0) is 13.4. The monoisotopic (exact) mass is 273 g/mol. The average Bonchev–Trinajstić information content (AvgIpc) is 2.32. The third-order valence-electron chi connectivity index (χ3n) is 2.27. The Morgan fingerprint density at radius 1 is 1.28 bits per heavy atom. The van der Waals surface area contributed by atoms with Gasteiger partial charge in [-0.1, -0.05) is 0 Å². The summed E-state index contributed by atoms with van der Waals surface area (Å²) in [6.07, 6.45) is 0.528. The summed E-state index contributed by atoms with van der Waals surface area (Å²) in [4.78, 5) is 0.607. The smallest absolute Gasteiger partial charge is 0.158 e. The first-order chi connectivity index (χ1) is 8.67. The van der Waals surface area contributed by atoms with Crippen LogP contribution in [0.3, 0.4) is 0 Å². The van der Waals surface area contributed by atoms with Gasteiger partial charge in [-0.25, -0.2) is 4.39 Å². The Morgan fingerprint density at radius 3 is 2.50 bits per heavy atom. The van der Waals surface area contributed by atoms with Crippen LogP contribution in [-0.2, 0) is 9.47 Å². The van der Waals surface area contributed by atoms with E-state index in [0.717, 1.165) is 12.2 Å². The SMILES string of the molecule is CCOC(CCSc1ccc(N)cc1F)OCC. The van der Waals surface area contributed by atoms with Gasteiger partial charge in [0, 0.05) is 36.0 Å². The molecule has 0 fully saturated rings. The van der Waals surface area contributed by atoms with Gasteiger partial charge in [0.1, 0.15) is 5.82 Å². The van der Waals surface area contributed by atoms with Gasteiger partial charge in [0.2, 0.25) is 0 Å². The van der Waals surface area contributed by atoms with Crippen molar-refractivity contribution >= 4 is 17.4 Å². The van der Waals surface area contributed by atoms with Gasteiger partial charge in [-0.15, -0.1) is 11.8 Å². The lowest BCUT2D eigenvalue weighted by atomic mass is 10.3. The number of nitrogens with two attached hydrogens (primary N) is 1. The fourth-order valence-electron chi connectivity index (χ4n) is 1.49. The number of halogens is 1. The van der Waals surface area contributed by atoms with Gasteiger partial charge >= 0.3 is 0 Å². The van der Waals surface area contributed by atoms with Gasteiger partial charge in [0.15, 0.2) is 6.29 Å². The van der Waals surface area contributed by atoms with Crippen LogP contribution >= 0.6 is 11.8 Å². The Balaban J connectivity index is 2.39. The van der Waals surface area contributed by atoms with Crippen LogP contribution in [0.4, 0.5) is 10.1 Å². The van der Waals surface area contributed by atoms with Crippen molar-refractivity contribution in [3.05, 3.63) is 24.0 Å². The largest absolute Gasteiger partial charge is 0.399 e. The highest BCUT2D eigenvalue weighted by molar-refractivity contribution is 7.99. The summed E-state index contributed by atoms with van der Waals surface area (Å²) < 4.78 is 24.3. The molecule has 1 aromatic rings. The molecular formula is C13H20FNO2S. The molecule has 0 aliphatic heterocycles. The first-order valence-corrected chi connectivity index (χ1v) is 7.07. The van der Waals surface area contributed by atoms with Crippen molar-refractivity contribution in [3.8, 4) is 0 Å². The molecule has 0 saturated carbocycles. The van der Waals surface area contributed by atoms with Gasteiger partial charge in [0.05, 0.1) is 0 Å². The van der Waals surface area contributed by atoms with Gasteiger partial charge < -0.3 is 15.2 Å². The molecule has 0 unspecified atom stereocenters. The Hall–Kier alpha value is -0.780. The lowest BCUT2D eigenvalue weighted by Gasteiger charge is -2.16. The van der Waals surface area contributed by atoms with E-state index in [1.165, 1.54) is 17.8 Å². The molecule has 0 spiro atoms. The molecule has 3 nitrogen and oxygen atoms in total. The lowest BCUT2D eigenvalue weighted by Crippen LogP contribution is -2.18. The van der Waals surface area contributed by atoms with E-state index in [1.54, 1.807) is 12.1 Å². The minimum absolute atomic E-state index is 0.204. The molecule has 5 heteroatoms. The molecule has 0 aromatic heterocycles. The molecule has 1 aromatic carbocycles. The Morgan fingerprint density at radius 2 is 1.94 bits per heavy atom. The molecule has 2 N–H and O–H groups in total. The van der Waals surface area contributed by atoms with Crippen LogP contribution in [0.25, 0.3) is 0 Å². The zero-order valence-electron chi connectivity index (χ0n) is 10.8. The summed E-state index contributed by atoms with van der Waals surface area (Å²) in [6.45, 7) is 5.09. The van der Waals surface area contributed by atoms with Gasteiger partial charge in [-0.05, 0) is 32.0 Å². The first kappa shape index (κ1) is 15.3. The normalized spacial score (nSPS) is 11.1. The van der Waals surface area contributed by atoms with Crippen LogP contribution in [-0.4, -0.2) is 25.3 Å². The second-order valence-corrected chi connectivity index (χ2v) is 4.80. The van der Waals surface area contributed by atoms with Crippen molar-refractivity contribution in [1.29, 1.82) is 0 Å². The number of benzene rings is 1. The second-order valence-electron chi connectivity index (χ2n) is 3.67.